The number of H-pyrrole nitrogens is 1. The molecule has 8 nitrogen and oxygen atoms in total. The standard InChI is InChI=1S/C23H22N6O2S/c1-3-11-29-20(13-21(30)24-16-8-6-7-15(2)12-16)27-28-23(29)32-14-19-25-18-10-5-4-9-17(18)22(31)26-19/h3-10,12H,1,11,13-14H2,2H3,(H,24,30)(H,25,26,31). The summed E-state index contributed by atoms with van der Waals surface area (Å²) in [4.78, 5) is 32.1. The Bertz CT molecular complexity index is 1340. The maximum Gasteiger partial charge on any atom is 0.258 e. The molecule has 1 amide bonds. The van der Waals surface area contributed by atoms with E-state index >= 15 is 0 Å². The van der Waals surface area contributed by atoms with Gasteiger partial charge in [0.15, 0.2) is 5.16 Å². The zero-order valence-corrected chi connectivity index (χ0v) is 18.4. The highest BCUT2D eigenvalue weighted by molar-refractivity contribution is 7.98. The zero-order chi connectivity index (χ0) is 22.5. The van der Waals surface area contributed by atoms with Gasteiger partial charge < -0.3 is 14.9 Å². The van der Waals surface area contributed by atoms with Gasteiger partial charge in [0.1, 0.15) is 11.6 Å². The smallest absolute Gasteiger partial charge is 0.258 e. The van der Waals surface area contributed by atoms with Gasteiger partial charge in [-0.3, -0.25) is 9.59 Å². The van der Waals surface area contributed by atoms with Gasteiger partial charge in [-0.05, 0) is 36.8 Å². The normalized spacial score (nSPS) is 10.9. The Hall–Kier alpha value is -3.72. The molecule has 4 aromatic rings. The van der Waals surface area contributed by atoms with Crippen LogP contribution in [0.3, 0.4) is 0 Å². The zero-order valence-electron chi connectivity index (χ0n) is 17.5. The lowest BCUT2D eigenvalue weighted by molar-refractivity contribution is -0.115. The van der Waals surface area contributed by atoms with Crippen molar-refractivity contribution in [1.82, 2.24) is 24.7 Å². The van der Waals surface area contributed by atoms with Crippen LogP contribution in [-0.2, 0) is 23.5 Å². The lowest BCUT2D eigenvalue weighted by Crippen LogP contribution is -2.18. The van der Waals surface area contributed by atoms with Crippen molar-refractivity contribution >= 4 is 34.3 Å². The molecule has 0 atom stereocenters. The first-order valence-electron chi connectivity index (χ1n) is 10.0. The largest absolute Gasteiger partial charge is 0.326 e. The van der Waals surface area contributed by atoms with Crippen molar-refractivity contribution in [2.75, 3.05) is 5.32 Å². The molecule has 0 bridgehead atoms. The molecule has 9 heteroatoms. The molecule has 0 aliphatic heterocycles. The average Bonchev–Trinajstić information content (AvgIpc) is 3.13. The number of aromatic nitrogens is 5. The molecule has 0 fully saturated rings. The quantitative estimate of drug-likeness (QED) is 0.317. The number of allylic oxidation sites excluding steroid dienone is 1. The number of thioether (sulfide) groups is 1. The van der Waals surface area contributed by atoms with Crippen molar-refractivity contribution in [2.24, 2.45) is 0 Å². The molecule has 0 radical (unpaired) electrons. The van der Waals surface area contributed by atoms with Gasteiger partial charge in [-0.2, -0.15) is 0 Å². The van der Waals surface area contributed by atoms with Crippen molar-refractivity contribution < 1.29 is 4.79 Å². The molecular formula is C23H22N6O2S. The summed E-state index contributed by atoms with van der Waals surface area (Å²) in [6.45, 7) is 6.22. The van der Waals surface area contributed by atoms with Gasteiger partial charge in [0, 0.05) is 12.2 Å². The summed E-state index contributed by atoms with van der Waals surface area (Å²) in [6, 6.07) is 14.8. The van der Waals surface area contributed by atoms with E-state index in [4.69, 9.17) is 0 Å². The van der Waals surface area contributed by atoms with Gasteiger partial charge in [0.05, 0.1) is 23.1 Å². The number of nitrogens with zero attached hydrogens (tertiary/aromatic N) is 4. The van der Waals surface area contributed by atoms with E-state index in [1.54, 1.807) is 12.1 Å². The van der Waals surface area contributed by atoms with Gasteiger partial charge in [-0.1, -0.05) is 42.1 Å². The number of nitrogens with one attached hydrogen (secondary N) is 2. The van der Waals surface area contributed by atoms with E-state index in [1.807, 2.05) is 54.0 Å². The summed E-state index contributed by atoms with van der Waals surface area (Å²) in [6.07, 6.45) is 1.81. The van der Waals surface area contributed by atoms with Crippen molar-refractivity contribution in [3.63, 3.8) is 0 Å². The molecule has 4 rings (SSSR count). The van der Waals surface area contributed by atoms with Gasteiger partial charge in [0.25, 0.3) is 5.56 Å². The Balaban J connectivity index is 1.48. The number of hydrogen-bond donors (Lipinski definition) is 2. The van der Waals surface area contributed by atoms with Crippen molar-refractivity contribution in [2.45, 2.75) is 30.8 Å². The molecule has 2 heterocycles. The fourth-order valence-corrected chi connectivity index (χ4v) is 4.11. The molecule has 2 N–H and O–H groups in total. The Morgan fingerprint density at radius 2 is 2.06 bits per heavy atom. The summed E-state index contributed by atoms with van der Waals surface area (Å²) >= 11 is 1.39. The number of rotatable bonds is 8. The first-order valence-corrected chi connectivity index (χ1v) is 11.0. The van der Waals surface area contributed by atoms with Crippen LogP contribution in [0.4, 0.5) is 5.69 Å². The van der Waals surface area contributed by atoms with E-state index in [0.717, 1.165) is 11.3 Å². The minimum atomic E-state index is -0.176. The van der Waals surface area contributed by atoms with Gasteiger partial charge in [-0.25, -0.2) is 4.98 Å². The van der Waals surface area contributed by atoms with E-state index in [-0.39, 0.29) is 17.9 Å². The third-order valence-corrected chi connectivity index (χ3v) is 5.70. The lowest BCUT2D eigenvalue weighted by Gasteiger charge is -2.09. The number of amides is 1. The molecule has 0 spiro atoms. The van der Waals surface area contributed by atoms with Crippen LogP contribution in [0.25, 0.3) is 10.9 Å². The fraction of sp³-hybridized carbons (Fsp3) is 0.174. The highest BCUT2D eigenvalue weighted by atomic mass is 32.2. The van der Waals surface area contributed by atoms with Crippen LogP contribution in [0, 0.1) is 6.92 Å². The summed E-state index contributed by atoms with van der Waals surface area (Å²) in [5, 5.41) is 12.5. The molecule has 0 aliphatic rings. The predicted octanol–water partition coefficient (Wildman–Crippen LogP) is 3.48. The van der Waals surface area contributed by atoms with Gasteiger partial charge in [-0.15, -0.1) is 16.8 Å². The minimum absolute atomic E-state index is 0.0837. The fourth-order valence-electron chi connectivity index (χ4n) is 3.28. The molecule has 2 aromatic carbocycles. The number of aromatic amines is 1. The summed E-state index contributed by atoms with van der Waals surface area (Å²) in [5.41, 5.74) is 2.28. The van der Waals surface area contributed by atoms with E-state index in [9.17, 15) is 9.59 Å². The lowest BCUT2D eigenvalue weighted by atomic mass is 10.2. The number of anilines is 1. The highest BCUT2D eigenvalue weighted by Crippen LogP contribution is 2.21. The SMILES string of the molecule is C=CCn1c(CC(=O)Nc2cccc(C)c2)nnc1SCc1nc2ccccc2c(=O)[nH]1. The molecule has 0 saturated heterocycles. The van der Waals surface area contributed by atoms with Crippen molar-refractivity contribution in [3.05, 3.63) is 88.8 Å². The van der Waals surface area contributed by atoms with Crippen molar-refractivity contribution in [1.29, 1.82) is 0 Å². The minimum Gasteiger partial charge on any atom is -0.326 e. The van der Waals surface area contributed by atoms with Crippen LogP contribution < -0.4 is 10.9 Å². The van der Waals surface area contributed by atoms with E-state index in [0.29, 0.717) is 40.0 Å². The van der Waals surface area contributed by atoms with Crippen LogP contribution in [0.2, 0.25) is 0 Å². The topological polar surface area (TPSA) is 106 Å². The van der Waals surface area contributed by atoms with E-state index in [1.165, 1.54) is 11.8 Å². The average molecular weight is 447 g/mol. The van der Waals surface area contributed by atoms with E-state index in [2.05, 4.69) is 32.1 Å². The number of para-hydroxylation sites is 1. The predicted molar refractivity (Wildman–Crippen MR) is 126 cm³/mol. The number of carbonyl (C=O) groups excluding carboxylic acids is 1. The third-order valence-electron chi connectivity index (χ3n) is 4.73. The number of carbonyl (C=O) groups is 1. The first-order chi connectivity index (χ1) is 15.5. The molecule has 0 unspecified atom stereocenters. The van der Waals surface area contributed by atoms with Crippen LogP contribution in [0.5, 0.6) is 0 Å². The summed E-state index contributed by atoms with van der Waals surface area (Å²) in [7, 11) is 0. The number of hydrogen-bond acceptors (Lipinski definition) is 6. The summed E-state index contributed by atoms with van der Waals surface area (Å²) in [5.74, 6) is 1.32. The Morgan fingerprint density at radius 1 is 1.22 bits per heavy atom. The second kappa shape index (κ2) is 9.61. The van der Waals surface area contributed by atoms with Crippen molar-refractivity contribution in [3.8, 4) is 0 Å². The van der Waals surface area contributed by atoms with Gasteiger partial charge >= 0.3 is 0 Å². The van der Waals surface area contributed by atoms with Crippen LogP contribution >= 0.6 is 11.8 Å². The number of fused-ring (bicyclic) bond motifs is 1. The molecule has 32 heavy (non-hydrogen) atoms. The Labute approximate surface area is 188 Å². The third kappa shape index (κ3) is 4.94. The summed E-state index contributed by atoms with van der Waals surface area (Å²) < 4.78 is 1.84. The van der Waals surface area contributed by atoms with Crippen LogP contribution in [-0.4, -0.2) is 30.6 Å². The number of aryl methyl sites for hydroxylation is 1. The highest BCUT2D eigenvalue weighted by Gasteiger charge is 2.16. The van der Waals surface area contributed by atoms with Crippen LogP contribution in [0.1, 0.15) is 17.2 Å². The molecule has 2 aromatic heterocycles. The maximum atomic E-state index is 12.5. The Morgan fingerprint density at radius 3 is 2.88 bits per heavy atom. The second-order valence-electron chi connectivity index (χ2n) is 7.21. The molecule has 162 valence electrons. The van der Waals surface area contributed by atoms with Crippen LogP contribution in [0.15, 0.2) is 71.1 Å². The first kappa shape index (κ1) is 21.5. The second-order valence-corrected chi connectivity index (χ2v) is 8.15. The molecule has 0 aliphatic carbocycles. The molecular weight excluding hydrogens is 424 g/mol. The number of benzene rings is 2. The monoisotopic (exact) mass is 446 g/mol. The Kier molecular flexibility index (Phi) is 6.46. The van der Waals surface area contributed by atoms with E-state index < -0.39 is 0 Å². The molecule has 0 saturated carbocycles. The van der Waals surface area contributed by atoms with Gasteiger partial charge in [0.2, 0.25) is 5.91 Å². The maximum absolute atomic E-state index is 12.5.